The zero-order valence-electron chi connectivity index (χ0n) is 9.37. The Labute approximate surface area is 108 Å². The molecule has 17 heavy (non-hydrogen) atoms. The minimum absolute atomic E-state index is 0.0505. The van der Waals surface area contributed by atoms with Gasteiger partial charge in [-0.1, -0.05) is 19.1 Å². The van der Waals surface area contributed by atoms with Gasteiger partial charge in [-0.2, -0.15) is 0 Å². The third-order valence-electron chi connectivity index (χ3n) is 2.86. The zero-order valence-corrected chi connectivity index (χ0v) is 11.0. The molecule has 0 unspecified atom stereocenters. The molecule has 1 aliphatic carbocycles. The largest absolute Gasteiger partial charge is 0.273 e. The molecule has 1 aliphatic rings. The van der Waals surface area contributed by atoms with E-state index in [1.165, 1.54) is 0 Å². The predicted octanol–water partition coefficient (Wildman–Crippen LogP) is 1.87. The Bertz CT molecular complexity index is 462. The van der Waals surface area contributed by atoms with Crippen LogP contribution >= 0.6 is 15.9 Å². The van der Waals surface area contributed by atoms with Crippen LogP contribution in [0.1, 0.15) is 23.7 Å². The van der Waals surface area contributed by atoms with Crippen LogP contribution in [0.5, 0.6) is 0 Å². The van der Waals surface area contributed by atoms with Crippen molar-refractivity contribution in [2.45, 2.75) is 13.3 Å². The molecule has 1 saturated carbocycles. The molecule has 0 radical (unpaired) electrons. The van der Waals surface area contributed by atoms with Gasteiger partial charge in [0.1, 0.15) is 0 Å². The summed E-state index contributed by atoms with van der Waals surface area (Å²) in [6.07, 6.45) is 0.900. The first-order chi connectivity index (χ1) is 8.09. The highest BCUT2D eigenvalue weighted by atomic mass is 79.9. The van der Waals surface area contributed by atoms with Crippen LogP contribution in [0.4, 0.5) is 0 Å². The molecule has 2 amide bonds. The van der Waals surface area contributed by atoms with Gasteiger partial charge >= 0.3 is 0 Å². The van der Waals surface area contributed by atoms with Crippen molar-refractivity contribution in [2.24, 2.45) is 11.8 Å². The summed E-state index contributed by atoms with van der Waals surface area (Å²) in [5.74, 6) is 0.0434. The second-order valence-corrected chi connectivity index (χ2v) is 5.10. The molecule has 0 bridgehead atoms. The van der Waals surface area contributed by atoms with E-state index in [-0.39, 0.29) is 17.7 Å². The summed E-state index contributed by atoms with van der Waals surface area (Å²) < 4.78 is 0.700. The summed E-state index contributed by atoms with van der Waals surface area (Å²) in [7, 11) is 0. The Morgan fingerprint density at radius 2 is 1.94 bits per heavy atom. The Hall–Kier alpha value is -1.36. The minimum atomic E-state index is -0.320. The van der Waals surface area contributed by atoms with Crippen molar-refractivity contribution in [2.75, 3.05) is 0 Å². The van der Waals surface area contributed by atoms with Crippen molar-refractivity contribution in [3.05, 3.63) is 34.3 Å². The van der Waals surface area contributed by atoms with Crippen molar-refractivity contribution in [3.63, 3.8) is 0 Å². The number of carbonyl (C=O) groups is 2. The number of nitrogens with one attached hydrogen (secondary N) is 2. The minimum Gasteiger partial charge on any atom is -0.273 e. The number of carbonyl (C=O) groups excluding carboxylic acids is 2. The summed E-state index contributed by atoms with van der Waals surface area (Å²) in [4.78, 5) is 23.2. The number of benzene rings is 1. The highest BCUT2D eigenvalue weighted by molar-refractivity contribution is 9.10. The van der Waals surface area contributed by atoms with Crippen molar-refractivity contribution < 1.29 is 9.59 Å². The topological polar surface area (TPSA) is 58.2 Å². The summed E-state index contributed by atoms with van der Waals surface area (Å²) >= 11 is 3.28. The Morgan fingerprint density at radius 1 is 1.29 bits per heavy atom. The molecule has 1 aromatic carbocycles. The molecule has 2 N–H and O–H groups in total. The maximum Gasteiger partial charge on any atom is 0.270 e. The van der Waals surface area contributed by atoms with Crippen LogP contribution in [0.15, 0.2) is 28.7 Å². The lowest BCUT2D eigenvalue weighted by Crippen LogP contribution is -2.42. The fourth-order valence-corrected chi connectivity index (χ4v) is 2.08. The number of hydrogen-bond acceptors (Lipinski definition) is 2. The molecule has 1 fully saturated rings. The van der Waals surface area contributed by atoms with Gasteiger partial charge in [0.2, 0.25) is 5.91 Å². The zero-order chi connectivity index (χ0) is 12.4. The molecule has 0 aliphatic heterocycles. The van der Waals surface area contributed by atoms with E-state index >= 15 is 0 Å². The molecule has 5 heteroatoms. The number of halogens is 1. The smallest absolute Gasteiger partial charge is 0.270 e. The first-order valence-electron chi connectivity index (χ1n) is 5.44. The Morgan fingerprint density at radius 3 is 2.53 bits per heavy atom. The lowest BCUT2D eigenvalue weighted by molar-refractivity contribution is -0.123. The molecule has 2 atom stereocenters. The van der Waals surface area contributed by atoms with Gasteiger partial charge in [-0.05, 0) is 40.4 Å². The third kappa shape index (κ3) is 2.85. The van der Waals surface area contributed by atoms with E-state index < -0.39 is 0 Å². The maximum atomic E-state index is 11.7. The standard InChI is InChI=1S/C12H13BrN2O2/c1-7-6-9(7)12(17)15-14-11(16)8-4-2-3-5-10(8)13/h2-5,7,9H,6H2,1H3,(H,14,16)(H,15,17)/t7-,9-/m0/s1. The molecule has 1 aromatic rings. The quantitative estimate of drug-likeness (QED) is 0.819. The highest BCUT2D eigenvalue weighted by Gasteiger charge is 2.39. The molecular weight excluding hydrogens is 284 g/mol. The van der Waals surface area contributed by atoms with Crippen LogP contribution < -0.4 is 10.9 Å². The first kappa shape index (κ1) is 12.1. The highest BCUT2D eigenvalue weighted by Crippen LogP contribution is 2.37. The van der Waals surface area contributed by atoms with E-state index in [0.717, 1.165) is 6.42 Å². The molecule has 2 rings (SSSR count). The summed E-state index contributed by atoms with van der Waals surface area (Å²) in [6, 6.07) is 7.06. The van der Waals surface area contributed by atoms with Gasteiger partial charge in [0.15, 0.2) is 0 Å². The van der Waals surface area contributed by atoms with Gasteiger partial charge in [0.05, 0.1) is 5.56 Å². The normalized spacial score (nSPS) is 21.8. The third-order valence-corrected chi connectivity index (χ3v) is 3.56. The molecule has 0 spiro atoms. The average molecular weight is 297 g/mol. The van der Waals surface area contributed by atoms with E-state index in [9.17, 15) is 9.59 Å². The summed E-state index contributed by atoms with van der Waals surface area (Å²) in [5.41, 5.74) is 5.35. The second kappa shape index (κ2) is 4.87. The van der Waals surface area contributed by atoms with E-state index in [2.05, 4.69) is 26.8 Å². The van der Waals surface area contributed by atoms with Crippen LogP contribution in [0, 0.1) is 11.8 Å². The van der Waals surface area contributed by atoms with E-state index in [4.69, 9.17) is 0 Å². The van der Waals surface area contributed by atoms with E-state index in [0.29, 0.717) is 16.0 Å². The van der Waals surface area contributed by atoms with Crippen LogP contribution in [0.25, 0.3) is 0 Å². The van der Waals surface area contributed by atoms with Gasteiger partial charge in [0, 0.05) is 10.4 Å². The van der Waals surface area contributed by atoms with Crippen LogP contribution in [0.2, 0.25) is 0 Å². The lowest BCUT2D eigenvalue weighted by atomic mass is 10.2. The first-order valence-corrected chi connectivity index (χ1v) is 6.23. The maximum absolute atomic E-state index is 11.7. The Kier molecular flexibility index (Phi) is 3.47. The molecule has 0 heterocycles. The van der Waals surface area contributed by atoms with Gasteiger partial charge in [-0.15, -0.1) is 0 Å². The van der Waals surface area contributed by atoms with Gasteiger partial charge in [-0.25, -0.2) is 0 Å². The van der Waals surface area contributed by atoms with Crippen LogP contribution in [0.3, 0.4) is 0 Å². The van der Waals surface area contributed by atoms with Crippen molar-refractivity contribution >= 4 is 27.7 Å². The van der Waals surface area contributed by atoms with Crippen molar-refractivity contribution in [3.8, 4) is 0 Å². The van der Waals surface area contributed by atoms with Crippen LogP contribution in [-0.4, -0.2) is 11.8 Å². The number of hydrazine groups is 1. The average Bonchev–Trinajstić information content (AvgIpc) is 3.03. The molecular formula is C12H13BrN2O2. The van der Waals surface area contributed by atoms with Crippen molar-refractivity contribution in [1.82, 2.24) is 10.9 Å². The number of rotatable bonds is 2. The lowest BCUT2D eigenvalue weighted by Gasteiger charge is -2.07. The van der Waals surface area contributed by atoms with E-state index in [1.54, 1.807) is 18.2 Å². The van der Waals surface area contributed by atoms with Crippen LogP contribution in [-0.2, 0) is 4.79 Å². The van der Waals surface area contributed by atoms with Crippen molar-refractivity contribution in [1.29, 1.82) is 0 Å². The molecule has 0 aromatic heterocycles. The molecule has 4 nitrogen and oxygen atoms in total. The summed E-state index contributed by atoms with van der Waals surface area (Å²) in [5, 5.41) is 0. The van der Waals surface area contributed by atoms with Gasteiger partial charge < -0.3 is 0 Å². The van der Waals surface area contributed by atoms with Gasteiger partial charge in [0.25, 0.3) is 5.91 Å². The van der Waals surface area contributed by atoms with E-state index in [1.807, 2.05) is 13.0 Å². The summed E-state index contributed by atoms with van der Waals surface area (Å²) in [6.45, 7) is 2.01. The fourth-order valence-electron chi connectivity index (χ4n) is 1.61. The molecule has 90 valence electrons. The SMILES string of the molecule is C[C@H]1C[C@@H]1C(=O)NNC(=O)c1ccccc1Br. The number of amides is 2. The predicted molar refractivity (Wildman–Crippen MR) is 67.0 cm³/mol. The van der Waals surface area contributed by atoms with Gasteiger partial charge in [-0.3, -0.25) is 20.4 Å². The number of hydrogen-bond donors (Lipinski definition) is 2. The monoisotopic (exact) mass is 296 g/mol. The second-order valence-electron chi connectivity index (χ2n) is 4.24. The Balaban J connectivity index is 1.89. The fraction of sp³-hybridized carbons (Fsp3) is 0.333. The molecule has 0 saturated heterocycles.